The van der Waals surface area contributed by atoms with Gasteiger partial charge in [0.05, 0.1) is 9.90 Å². The van der Waals surface area contributed by atoms with Crippen LogP contribution in [0, 0.1) is 5.82 Å². The maximum absolute atomic E-state index is 12.9. The van der Waals surface area contributed by atoms with Gasteiger partial charge in [0.2, 0.25) is 5.78 Å². The highest BCUT2D eigenvalue weighted by atomic mass is 79.9. The van der Waals surface area contributed by atoms with Crippen LogP contribution in [0.25, 0.3) is 0 Å². The summed E-state index contributed by atoms with van der Waals surface area (Å²) in [6, 6.07) is 5.29. The number of rotatable bonds is 2. The highest BCUT2D eigenvalue weighted by Gasteiger charge is 2.17. The molecule has 0 saturated heterocycles. The number of carbonyl (C=O) groups excluding carboxylic acids is 1. The Balaban J connectivity index is 2.43. The van der Waals surface area contributed by atoms with Crippen LogP contribution < -0.4 is 0 Å². The lowest BCUT2D eigenvalue weighted by molar-refractivity contribution is 0.104. The van der Waals surface area contributed by atoms with E-state index in [9.17, 15) is 9.18 Å². The van der Waals surface area contributed by atoms with Crippen molar-refractivity contribution in [3.8, 4) is 0 Å². The maximum atomic E-state index is 12.9. The number of hydrogen-bond acceptors (Lipinski definition) is 2. The molecule has 1 nitrogen and oxygen atoms in total. The Labute approximate surface area is 119 Å². The number of benzene rings is 1. The SMILES string of the molecule is O=C(c1cc(Br)c(Cl)s1)c1ccc(F)cc1Cl. The second kappa shape index (κ2) is 5.06. The fourth-order valence-electron chi connectivity index (χ4n) is 1.26. The third kappa shape index (κ3) is 2.71. The van der Waals surface area contributed by atoms with Gasteiger partial charge < -0.3 is 0 Å². The standard InChI is InChI=1S/C11H4BrCl2FOS/c12-7-4-9(17-11(7)14)10(16)6-2-1-5(15)3-8(6)13/h1-4H. The van der Waals surface area contributed by atoms with E-state index in [1.165, 1.54) is 12.1 Å². The first-order chi connectivity index (χ1) is 7.99. The third-order valence-electron chi connectivity index (χ3n) is 2.04. The topological polar surface area (TPSA) is 17.1 Å². The monoisotopic (exact) mass is 352 g/mol. The summed E-state index contributed by atoms with van der Waals surface area (Å²) in [6.07, 6.45) is 0. The molecule has 0 fully saturated rings. The van der Waals surface area contributed by atoms with Crippen molar-refractivity contribution in [1.29, 1.82) is 0 Å². The van der Waals surface area contributed by atoms with Crippen molar-refractivity contribution in [2.45, 2.75) is 0 Å². The number of thiophene rings is 1. The molecule has 2 aromatic rings. The van der Waals surface area contributed by atoms with Crippen LogP contribution in [0.1, 0.15) is 15.2 Å². The second-order valence-electron chi connectivity index (χ2n) is 3.19. The Morgan fingerprint density at radius 3 is 2.53 bits per heavy atom. The molecule has 0 amide bonds. The van der Waals surface area contributed by atoms with Gasteiger partial charge in [-0.15, -0.1) is 11.3 Å². The summed E-state index contributed by atoms with van der Waals surface area (Å²) in [5.41, 5.74) is 0.262. The van der Waals surface area contributed by atoms with Crippen LogP contribution in [0.2, 0.25) is 9.36 Å². The van der Waals surface area contributed by atoms with Gasteiger partial charge in [-0.1, -0.05) is 23.2 Å². The number of ketones is 1. The van der Waals surface area contributed by atoms with Crippen LogP contribution in [0.4, 0.5) is 4.39 Å². The van der Waals surface area contributed by atoms with E-state index < -0.39 is 5.82 Å². The van der Waals surface area contributed by atoms with E-state index in [1.807, 2.05) is 0 Å². The van der Waals surface area contributed by atoms with Crippen molar-refractivity contribution in [3.05, 3.63) is 54.4 Å². The van der Waals surface area contributed by atoms with Crippen LogP contribution >= 0.6 is 50.5 Å². The lowest BCUT2D eigenvalue weighted by Gasteiger charge is -2.01. The van der Waals surface area contributed by atoms with E-state index >= 15 is 0 Å². The quantitative estimate of drug-likeness (QED) is 0.679. The number of halogens is 4. The first-order valence-corrected chi connectivity index (χ1v) is 6.80. The minimum atomic E-state index is -0.475. The molecule has 2 rings (SSSR count). The lowest BCUT2D eigenvalue weighted by Crippen LogP contribution is -1.99. The number of carbonyl (C=O) groups is 1. The van der Waals surface area contributed by atoms with E-state index in [0.717, 1.165) is 17.4 Å². The van der Waals surface area contributed by atoms with Crippen molar-refractivity contribution in [2.75, 3.05) is 0 Å². The van der Waals surface area contributed by atoms with E-state index in [-0.39, 0.29) is 16.4 Å². The van der Waals surface area contributed by atoms with E-state index in [2.05, 4.69) is 15.9 Å². The van der Waals surface area contributed by atoms with Gasteiger partial charge in [0.1, 0.15) is 10.2 Å². The molecule has 17 heavy (non-hydrogen) atoms. The highest BCUT2D eigenvalue weighted by molar-refractivity contribution is 9.10. The fourth-order valence-corrected chi connectivity index (χ4v) is 3.17. The van der Waals surface area contributed by atoms with Gasteiger partial charge >= 0.3 is 0 Å². The first kappa shape index (κ1) is 13.0. The van der Waals surface area contributed by atoms with Gasteiger partial charge in [-0.2, -0.15) is 0 Å². The van der Waals surface area contributed by atoms with Crippen LogP contribution in [0.15, 0.2) is 28.7 Å². The fraction of sp³-hybridized carbons (Fsp3) is 0. The zero-order chi connectivity index (χ0) is 12.6. The van der Waals surface area contributed by atoms with Gasteiger partial charge in [-0.3, -0.25) is 4.79 Å². The first-order valence-electron chi connectivity index (χ1n) is 4.43. The van der Waals surface area contributed by atoms with Gasteiger partial charge in [-0.25, -0.2) is 4.39 Å². The predicted octanol–water partition coefficient (Wildman–Crippen LogP) is 5.19. The van der Waals surface area contributed by atoms with Crippen molar-refractivity contribution in [1.82, 2.24) is 0 Å². The molecule has 0 aliphatic carbocycles. The molecule has 0 radical (unpaired) electrons. The molecule has 0 unspecified atom stereocenters. The molecule has 1 aromatic heterocycles. The summed E-state index contributed by atoms with van der Waals surface area (Å²) in [5.74, 6) is -0.746. The van der Waals surface area contributed by atoms with E-state index in [1.54, 1.807) is 6.07 Å². The Morgan fingerprint density at radius 2 is 2.00 bits per heavy atom. The molecule has 0 N–H and O–H groups in total. The summed E-state index contributed by atoms with van der Waals surface area (Å²) in [4.78, 5) is 12.5. The molecule has 1 aromatic carbocycles. The smallest absolute Gasteiger partial charge is 0.204 e. The van der Waals surface area contributed by atoms with E-state index in [4.69, 9.17) is 23.2 Å². The molecule has 6 heteroatoms. The Morgan fingerprint density at radius 1 is 1.29 bits per heavy atom. The third-order valence-corrected chi connectivity index (χ3v) is 4.83. The number of hydrogen-bond donors (Lipinski definition) is 0. The Hall–Kier alpha value is -0.420. The molecule has 0 spiro atoms. The average Bonchev–Trinajstić information content (AvgIpc) is 2.58. The zero-order valence-electron chi connectivity index (χ0n) is 8.14. The minimum absolute atomic E-state index is 0.0932. The molecule has 0 saturated carbocycles. The Bertz CT molecular complexity index is 578. The molecule has 0 aliphatic rings. The molecular formula is C11H4BrCl2FOS. The Kier molecular flexibility index (Phi) is 3.88. The van der Waals surface area contributed by atoms with E-state index in [0.29, 0.717) is 13.7 Å². The van der Waals surface area contributed by atoms with Crippen LogP contribution in [-0.2, 0) is 0 Å². The summed E-state index contributed by atoms with van der Waals surface area (Å²) < 4.78 is 14.0. The largest absolute Gasteiger partial charge is 0.288 e. The van der Waals surface area contributed by atoms with Gasteiger partial charge in [-0.05, 0) is 40.2 Å². The summed E-state index contributed by atoms with van der Waals surface area (Å²) in [6.45, 7) is 0. The normalized spacial score (nSPS) is 10.6. The predicted molar refractivity (Wildman–Crippen MR) is 71.9 cm³/mol. The highest BCUT2D eigenvalue weighted by Crippen LogP contribution is 2.34. The van der Waals surface area contributed by atoms with Crippen molar-refractivity contribution >= 4 is 56.3 Å². The van der Waals surface area contributed by atoms with Crippen molar-refractivity contribution in [3.63, 3.8) is 0 Å². The molecule has 1 heterocycles. The molecule has 0 bridgehead atoms. The zero-order valence-corrected chi connectivity index (χ0v) is 12.1. The van der Waals surface area contributed by atoms with Crippen LogP contribution in [0.5, 0.6) is 0 Å². The second-order valence-corrected chi connectivity index (χ2v) is 6.10. The van der Waals surface area contributed by atoms with Crippen molar-refractivity contribution < 1.29 is 9.18 Å². The summed E-state index contributed by atoms with van der Waals surface area (Å²) in [5, 5.41) is 0.0932. The van der Waals surface area contributed by atoms with Crippen LogP contribution in [-0.4, -0.2) is 5.78 Å². The van der Waals surface area contributed by atoms with Crippen molar-refractivity contribution in [2.24, 2.45) is 0 Å². The lowest BCUT2D eigenvalue weighted by atomic mass is 10.1. The van der Waals surface area contributed by atoms with Gasteiger partial charge in [0.25, 0.3) is 0 Å². The van der Waals surface area contributed by atoms with Gasteiger partial charge in [0, 0.05) is 10.0 Å². The average molecular weight is 354 g/mol. The summed E-state index contributed by atoms with van der Waals surface area (Å²) >= 11 is 16.0. The van der Waals surface area contributed by atoms with Crippen LogP contribution in [0.3, 0.4) is 0 Å². The molecule has 88 valence electrons. The summed E-state index contributed by atoms with van der Waals surface area (Å²) in [7, 11) is 0. The molecular weight excluding hydrogens is 350 g/mol. The molecule has 0 atom stereocenters. The minimum Gasteiger partial charge on any atom is -0.288 e. The maximum Gasteiger partial charge on any atom is 0.204 e. The van der Waals surface area contributed by atoms with Gasteiger partial charge in [0.15, 0.2) is 0 Å². The molecule has 0 aliphatic heterocycles.